The van der Waals surface area contributed by atoms with Gasteiger partial charge in [-0.05, 0) is 49.8 Å². The molecule has 0 spiro atoms. The van der Waals surface area contributed by atoms with E-state index in [0.29, 0.717) is 11.3 Å². The number of hydrogen-bond acceptors (Lipinski definition) is 6. The SMILES string of the molecule is O[C@H](CSc1nnc(N2CCCCC2)n1C[C@@H]1CCCO1)c1ccc(F)cc1. The molecular weight excluding hydrogens is 379 g/mol. The summed E-state index contributed by atoms with van der Waals surface area (Å²) in [7, 11) is 0. The number of thioether (sulfide) groups is 1. The molecule has 1 N–H and O–H groups in total. The molecule has 0 bridgehead atoms. The van der Waals surface area contributed by atoms with Crippen LogP contribution in [0.25, 0.3) is 0 Å². The lowest BCUT2D eigenvalue weighted by Crippen LogP contribution is -2.33. The Bertz CT molecular complexity index is 758. The lowest BCUT2D eigenvalue weighted by molar-refractivity contribution is 0.0951. The van der Waals surface area contributed by atoms with E-state index in [9.17, 15) is 9.50 Å². The van der Waals surface area contributed by atoms with Crippen LogP contribution in [0.4, 0.5) is 10.3 Å². The topological polar surface area (TPSA) is 63.4 Å². The Morgan fingerprint density at radius 1 is 1.14 bits per heavy atom. The van der Waals surface area contributed by atoms with Crippen LogP contribution in [0.1, 0.15) is 43.8 Å². The van der Waals surface area contributed by atoms with Crippen molar-refractivity contribution >= 4 is 17.7 Å². The molecular formula is C20H27FN4O2S. The average Bonchev–Trinajstić information content (AvgIpc) is 3.38. The van der Waals surface area contributed by atoms with Gasteiger partial charge in [0.25, 0.3) is 0 Å². The van der Waals surface area contributed by atoms with Crippen molar-refractivity contribution in [3.63, 3.8) is 0 Å². The number of hydrogen-bond donors (Lipinski definition) is 1. The predicted molar refractivity (Wildman–Crippen MR) is 107 cm³/mol. The summed E-state index contributed by atoms with van der Waals surface area (Å²) in [5.74, 6) is 1.05. The van der Waals surface area contributed by atoms with Gasteiger partial charge in [-0.2, -0.15) is 0 Å². The molecule has 0 saturated carbocycles. The second kappa shape index (κ2) is 9.24. The Balaban J connectivity index is 1.48. The lowest BCUT2D eigenvalue weighted by atomic mass is 10.1. The van der Waals surface area contributed by atoms with Crippen LogP contribution in [-0.4, -0.2) is 51.4 Å². The molecule has 2 atom stereocenters. The summed E-state index contributed by atoms with van der Waals surface area (Å²) in [4.78, 5) is 2.31. The molecule has 28 heavy (non-hydrogen) atoms. The van der Waals surface area contributed by atoms with Crippen molar-refractivity contribution in [1.82, 2.24) is 14.8 Å². The third-order valence-electron chi connectivity index (χ3n) is 5.37. The third kappa shape index (κ3) is 4.67. The molecule has 0 amide bonds. The van der Waals surface area contributed by atoms with Gasteiger partial charge in [0.1, 0.15) is 5.82 Å². The van der Waals surface area contributed by atoms with Gasteiger partial charge in [-0.15, -0.1) is 10.2 Å². The van der Waals surface area contributed by atoms with Crippen LogP contribution in [0.2, 0.25) is 0 Å². The summed E-state index contributed by atoms with van der Waals surface area (Å²) in [5, 5.41) is 20.2. The smallest absolute Gasteiger partial charge is 0.228 e. The van der Waals surface area contributed by atoms with Crippen LogP contribution in [-0.2, 0) is 11.3 Å². The summed E-state index contributed by atoms with van der Waals surface area (Å²) in [6.45, 7) is 3.57. The zero-order valence-electron chi connectivity index (χ0n) is 16.0. The lowest BCUT2D eigenvalue weighted by Gasteiger charge is -2.28. The van der Waals surface area contributed by atoms with Crippen molar-refractivity contribution in [3.05, 3.63) is 35.6 Å². The Morgan fingerprint density at radius 2 is 1.93 bits per heavy atom. The van der Waals surface area contributed by atoms with Crippen molar-refractivity contribution in [2.75, 3.05) is 30.3 Å². The number of nitrogens with zero attached hydrogens (tertiary/aromatic N) is 4. The van der Waals surface area contributed by atoms with Crippen LogP contribution in [0.5, 0.6) is 0 Å². The molecule has 2 aromatic rings. The van der Waals surface area contributed by atoms with Crippen molar-refractivity contribution < 1.29 is 14.2 Å². The standard InChI is InChI=1S/C20H27FN4O2S/c21-16-8-6-15(7-9-16)18(26)14-28-20-23-22-19(24-10-2-1-3-11-24)25(20)13-17-5-4-12-27-17/h6-9,17-18,26H,1-5,10-14H2/t17-,18+/m0/s1. The van der Waals surface area contributed by atoms with Gasteiger partial charge in [0, 0.05) is 25.4 Å². The predicted octanol–water partition coefficient (Wildman–Crippen LogP) is 3.41. The molecule has 8 heteroatoms. The van der Waals surface area contributed by atoms with E-state index in [1.165, 1.54) is 43.2 Å². The van der Waals surface area contributed by atoms with Gasteiger partial charge in [0.05, 0.1) is 18.8 Å². The van der Waals surface area contributed by atoms with E-state index in [0.717, 1.165) is 50.2 Å². The van der Waals surface area contributed by atoms with Crippen LogP contribution in [0, 0.1) is 5.82 Å². The van der Waals surface area contributed by atoms with Gasteiger partial charge >= 0.3 is 0 Å². The van der Waals surface area contributed by atoms with Gasteiger partial charge in [-0.3, -0.25) is 4.57 Å². The zero-order valence-corrected chi connectivity index (χ0v) is 16.8. The molecule has 1 aromatic heterocycles. The second-order valence-corrected chi connectivity index (χ2v) is 8.44. The van der Waals surface area contributed by atoms with Crippen LogP contribution in [0.3, 0.4) is 0 Å². The summed E-state index contributed by atoms with van der Waals surface area (Å²) < 4.78 is 21.1. The minimum atomic E-state index is -0.683. The highest BCUT2D eigenvalue weighted by Gasteiger charge is 2.25. The molecule has 0 aliphatic carbocycles. The number of aromatic nitrogens is 3. The first-order valence-corrected chi connectivity index (χ1v) is 11.1. The maximum Gasteiger partial charge on any atom is 0.228 e. The highest BCUT2D eigenvalue weighted by molar-refractivity contribution is 7.99. The second-order valence-electron chi connectivity index (χ2n) is 7.45. The third-order valence-corrected chi connectivity index (χ3v) is 6.41. The Labute approximate surface area is 169 Å². The maximum atomic E-state index is 13.1. The number of halogens is 1. The first-order valence-electron chi connectivity index (χ1n) is 10.1. The minimum absolute atomic E-state index is 0.195. The molecule has 4 rings (SSSR count). The number of aliphatic hydroxyl groups is 1. The largest absolute Gasteiger partial charge is 0.388 e. The van der Waals surface area contributed by atoms with Gasteiger partial charge in [0.2, 0.25) is 5.95 Å². The minimum Gasteiger partial charge on any atom is -0.388 e. The molecule has 3 heterocycles. The number of rotatable bonds is 7. The van der Waals surface area contributed by atoms with Gasteiger partial charge < -0.3 is 14.7 Å². The van der Waals surface area contributed by atoms with E-state index in [2.05, 4.69) is 19.7 Å². The van der Waals surface area contributed by atoms with Crippen LogP contribution >= 0.6 is 11.8 Å². The Hall–Kier alpha value is -1.64. The number of ether oxygens (including phenoxy) is 1. The number of piperidine rings is 1. The summed E-state index contributed by atoms with van der Waals surface area (Å²) in [6, 6.07) is 5.99. The van der Waals surface area contributed by atoms with Crippen molar-refractivity contribution in [2.24, 2.45) is 0 Å². The van der Waals surface area contributed by atoms with Gasteiger partial charge in [-0.1, -0.05) is 23.9 Å². The van der Waals surface area contributed by atoms with Gasteiger partial charge in [0.15, 0.2) is 5.16 Å². The summed E-state index contributed by atoms with van der Waals surface area (Å²) in [5.41, 5.74) is 0.704. The molecule has 2 aliphatic rings. The molecule has 6 nitrogen and oxygen atoms in total. The first-order chi connectivity index (χ1) is 13.7. The average molecular weight is 407 g/mol. The van der Waals surface area contributed by atoms with Crippen molar-refractivity contribution in [3.8, 4) is 0 Å². The number of aliphatic hydroxyl groups excluding tert-OH is 1. The normalized spacial score (nSPS) is 21.2. The van der Waals surface area contributed by atoms with Gasteiger partial charge in [-0.25, -0.2) is 4.39 Å². The van der Waals surface area contributed by atoms with E-state index < -0.39 is 6.10 Å². The molecule has 2 saturated heterocycles. The highest BCUT2D eigenvalue weighted by Crippen LogP contribution is 2.29. The molecule has 2 aliphatic heterocycles. The molecule has 0 unspecified atom stereocenters. The van der Waals surface area contributed by atoms with E-state index in [1.54, 1.807) is 12.1 Å². The molecule has 1 aromatic carbocycles. The molecule has 0 radical (unpaired) electrons. The fraction of sp³-hybridized carbons (Fsp3) is 0.600. The Morgan fingerprint density at radius 3 is 2.64 bits per heavy atom. The maximum absolute atomic E-state index is 13.1. The van der Waals surface area contributed by atoms with E-state index in [4.69, 9.17) is 4.74 Å². The van der Waals surface area contributed by atoms with E-state index in [-0.39, 0.29) is 11.9 Å². The zero-order chi connectivity index (χ0) is 19.3. The van der Waals surface area contributed by atoms with E-state index >= 15 is 0 Å². The number of benzene rings is 1. The quantitative estimate of drug-likeness (QED) is 0.711. The van der Waals surface area contributed by atoms with E-state index in [1.807, 2.05) is 0 Å². The fourth-order valence-corrected chi connectivity index (χ4v) is 4.71. The van der Waals surface area contributed by atoms with Crippen molar-refractivity contribution in [1.29, 1.82) is 0 Å². The molecule has 2 fully saturated rings. The first kappa shape index (κ1) is 19.7. The Kier molecular flexibility index (Phi) is 6.49. The highest BCUT2D eigenvalue weighted by atomic mass is 32.2. The van der Waals surface area contributed by atoms with Crippen LogP contribution < -0.4 is 4.90 Å². The fourth-order valence-electron chi connectivity index (χ4n) is 3.80. The molecule has 152 valence electrons. The van der Waals surface area contributed by atoms with Crippen molar-refractivity contribution in [2.45, 2.75) is 56.0 Å². The monoisotopic (exact) mass is 406 g/mol. The van der Waals surface area contributed by atoms with Crippen LogP contribution in [0.15, 0.2) is 29.4 Å². The number of anilines is 1. The summed E-state index contributed by atoms with van der Waals surface area (Å²) in [6.07, 6.45) is 5.29. The summed E-state index contributed by atoms with van der Waals surface area (Å²) >= 11 is 1.49.